The highest BCUT2D eigenvalue weighted by molar-refractivity contribution is 5.73. The van der Waals surface area contributed by atoms with Gasteiger partial charge in [-0.1, -0.05) is 19.3 Å². The number of hydroxylamine groups is 1. The molecule has 2 fully saturated rings. The molecule has 98 valence electrons. The molecule has 0 spiro atoms. The second-order valence-electron chi connectivity index (χ2n) is 5.01. The van der Waals surface area contributed by atoms with Gasteiger partial charge in [0.25, 0.3) is 0 Å². The van der Waals surface area contributed by atoms with Gasteiger partial charge in [0, 0.05) is 12.1 Å². The monoisotopic (exact) mass is 241 g/mol. The third-order valence-electron chi connectivity index (χ3n) is 3.55. The summed E-state index contributed by atoms with van der Waals surface area (Å²) in [7, 11) is 0. The van der Waals surface area contributed by atoms with Crippen molar-refractivity contribution in [1.29, 1.82) is 0 Å². The van der Waals surface area contributed by atoms with Gasteiger partial charge in [-0.15, -0.1) is 0 Å². The van der Waals surface area contributed by atoms with Crippen LogP contribution in [0.1, 0.15) is 44.9 Å². The Morgan fingerprint density at radius 2 is 2.00 bits per heavy atom. The SMILES string of the molecule is O=C(NOCC1CCCN1)NC1CCCCC1. The molecule has 0 aromatic rings. The summed E-state index contributed by atoms with van der Waals surface area (Å²) in [6.45, 7) is 1.61. The Bertz CT molecular complexity index is 236. The van der Waals surface area contributed by atoms with E-state index in [0.717, 1.165) is 25.8 Å². The first-order valence-electron chi connectivity index (χ1n) is 6.76. The van der Waals surface area contributed by atoms with E-state index in [1.165, 1.54) is 25.7 Å². The number of rotatable bonds is 4. The topological polar surface area (TPSA) is 62.4 Å². The molecule has 0 radical (unpaired) electrons. The van der Waals surface area contributed by atoms with Crippen LogP contribution in [0.5, 0.6) is 0 Å². The number of amides is 2. The number of nitrogens with one attached hydrogen (secondary N) is 3. The maximum Gasteiger partial charge on any atom is 0.338 e. The lowest BCUT2D eigenvalue weighted by Gasteiger charge is -2.22. The van der Waals surface area contributed by atoms with E-state index < -0.39 is 0 Å². The molecule has 1 aliphatic carbocycles. The van der Waals surface area contributed by atoms with Crippen molar-refractivity contribution >= 4 is 6.03 Å². The molecule has 5 heteroatoms. The van der Waals surface area contributed by atoms with Crippen molar-refractivity contribution in [2.24, 2.45) is 0 Å². The zero-order valence-corrected chi connectivity index (χ0v) is 10.3. The van der Waals surface area contributed by atoms with Gasteiger partial charge in [0.05, 0.1) is 6.61 Å². The van der Waals surface area contributed by atoms with Crippen LogP contribution < -0.4 is 16.1 Å². The minimum Gasteiger partial charge on any atom is -0.334 e. The minimum atomic E-state index is -0.199. The first kappa shape index (κ1) is 12.6. The number of hydrogen-bond acceptors (Lipinski definition) is 3. The summed E-state index contributed by atoms with van der Waals surface area (Å²) < 4.78 is 0. The summed E-state index contributed by atoms with van der Waals surface area (Å²) >= 11 is 0. The molecule has 1 saturated carbocycles. The second kappa shape index (κ2) is 6.81. The molecule has 1 heterocycles. The molecule has 0 aromatic carbocycles. The molecule has 1 unspecified atom stereocenters. The molecule has 2 rings (SSSR count). The van der Waals surface area contributed by atoms with Gasteiger partial charge in [0.2, 0.25) is 0 Å². The van der Waals surface area contributed by atoms with Crippen molar-refractivity contribution in [3.8, 4) is 0 Å². The molecule has 0 aromatic heterocycles. The smallest absolute Gasteiger partial charge is 0.334 e. The second-order valence-corrected chi connectivity index (χ2v) is 5.01. The van der Waals surface area contributed by atoms with Gasteiger partial charge in [-0.05, 0) is 32.2 Å². The molecular formula is C12H23N3O2. The molecule has 3 N–H and O–H groups in total. The van der Waals surface area contributed by atoms with Crippen molar-refractivity contribution in [3.63, 3.8) is 0 Å². The Hall–Kier alpha value is -0.810. The summed E-state index contributed by atoms with van der Waals surface area (Å²) in [4.78, 5) is 16.7. The van der Waals surface area contributed by atoms with Gasteiger partial charge in [-0.2, -0.15) is 0 Å². The summed E-state index contributed by atoms with van der Waals surface area (Å²) in [5.74, 6) is 0. The quantitative estimate of drug-likeness (QED) is 0.650. The lowest BCUT2D eigenvalue weighted by molar-refractivity contribution is 0.0479. The fraction of sp³-hybridized carbons (Fsp3) is 0.917. The van der Waals surface area contributed by atoms with Gasteiger partial charge in [0.15, 0.2) is 0 Å². The standard InChI is InChI=1S/C12H23N3O2/c16-12(14-10-5-2-1-3-6-10)15-17-9-11-7-4-8-13-11/h10-11,13H,1-9H2,(H2,14,15,16). The number of carbonyl (C=O) groups excluding carboxylic acids is 1. The molecule has 2 amide bonds. The lowest BCUT2D eigenvalue weighted by Crippen LogP contribution is -2.44. The van der Waals surface area contributed by atoms with E-state index >= 15 is 0 Å². The lowest BCUT2D eigenvalue weighted by atomic mass is 9.96. The average Bonchev–Trinajstić information content (AvgIpc) is 2.83. The molecule has 1 atom stereocenters. The molecule has 0 bridgehead atoms. The Kier molecular flexibility index (Phi) is 5.07. The van der Waals surface area contributed by atoms with Crippen LogP contribution in [0.2, 0.25) is 0 Å². The summed E-state index contributed by atoms with van der Waals surface area (Å²) in [6.07, 6.45) is 8.25. The zero-order valence-electron chi connectivity index (χ0n) is 10.3. The van der Waals surface area contributed by atoms with Crippen molar-refractivity contribution in [2.75, 3.05) is 13.2 Å². The Morgan fingerprint density at radius 3 is 2.71 bits per heavy atom. The van der Waals surface area contributed by atoms with E-state index in [9.17, 15) is 4.79 Å². The predicted molar refractivity (Wildman–Crippen MR) is 65.5 cm³/mol. The number of carbonyl (C=O) groups is 1. The number of hydrogen-bond donors (Lipinski definition) is 3. The molecule has 1 saturated heterocycles. The van der Waals surface area contributed by atoms with Crippen LogP contribution in [-0.2, 0) is 4.84 Å². The van der Waals surface area contributed by atoms with Gasteiger partial charge in [-0.3, -0.25) is 4.84 Å². The first-order valence-corrected chi connectivity index (χ1v) is 6.76. The first-order chi connectivity index (χ1) is 8.34. The minimum absolute atomic E-state index is 0.199. The molecule has 5 nitrogen and oxygen atoms in total. The van der Waals surface area contributed by atoms with Crippen molar-refractivity contribution in [1.82, 2.24) is 16.1 Å². The molecular weight excluding hydrogens is 218 g/mol. The van der Waals surface area contributed by atoms with Crippen molar-refractivity contribution in [3.05, 3.63) is 0 Å². The van der Waals surface area contributed by atoms with Gasteiger partial charge in [0.1, 0.15) is 0 Å². The highest BCUT2D eigenvalue weighted by Crippen LogP contribution is 2.17. The van der Waals surface area contributed by atoms with E-state index in [2.05, 4.69) is 16.1 Å². The summed E-state index contributed by atoms with van der Waals surface area (Å²) in [5, 5.41) is 6.26. The Labute approximate surface area is 103 Å². The van der Waals surface area contributed by atoms with Gasteiger partial charge in [-0.25, -0.2) is 10.3 Å². The van der Waals surface area contributed by atoms with E-state index in [1.54, 1.807) is 0 Å². The van der Waals surface area contributed by atoms with Crippen LogP contribution >= 0.6 is 0 Å². The van der Waals surface area contributed by atoms with E-state index in [-0.39, 0.29) is 6.03 Å². The van der Waals surface area contributed by atoms with E-state index in [4.69, 9.17) is 4.84 Å². The largest absolute Gasteiger partial charge is 0.338 e. The van der Waals surface area contributed by atoms with Gasteiger partial charge < -0.3 is 10.6 Å². The zero-order chi connectivity index (χ0) is 11.9. The van der Waals surface area contributed by atoms with Crippen LogP contribution in [-0.4, -0.2) is 31.3 Å². The summed E-state index contributed by atoms with van der Waals surface area (Å²) in [5.41, 5.74) is 2.47. The average molecular weight is 241 g/mol. The van der Waals surface area contributed by atoms with Crippen LogP contribution in [0.3, 0.4) is 0 Å². The maximum atomic E-state index is 11.5. The molecule has 17 heavy (non-hydrogen) atoms. The summed E-state index contributed by atoms with van der Waals surface area (Å²) in [6, 6.07) is 0.525. The van der Waals surface area contributed by atoms with E-state index in [0.29, 0.717) is 18.7 Å². The number of urea groups is 1. The Morgan fingerprint density at radius 1 is 1.18 bits per heavy atom. The van der Waals surface area contributed by atoms with Crippen LogP contribution in [0.25, 0.3) is 0 Å². The third-order valence-corrected chi connectivity index (χ3v) is 3.55. The molecule has 1 aliphatic heterocycles. The maximum absolute atomic E-state index is 11.5. The van der Waals surface area contributed by atoms with Gasteiger partial charge >= 0.3 is 6.03 Å². The van der Waals surface area contributed by atoms with Crippen molar-refractivity contribution in [2.45, 2.75) is 57.0 Å². The predicted octanol–water partition coefficient (Wildman–Crippen LogP) is 1.30. The van der Waals surface area contributed by atoms with Crippen LogP contribution in [0.4, 0.5) is 4.79 Å². The van der Waals surface area contributed by atoms with Crippen molar-refractivity contribution < 1.29 is 9.63 Å². The highest BCUT2D eigenvalue weighted by Gasteiger charge is 2.17. The molecule has 2 aliphatic rings. The van der Waals surface area contributed by atoms with Crippen LogP contribution in [0, 0.1) is 0 Å². The normalized spacial score (nSPS) is 25.8. The van der Waals surface area contributed by atoms with Crippen LogP contribution in [0.15, 0.2) is 0 Å². The fourth-order valence-electron chi connectivity index (χ4n) is 2.57. The fourth-order valence-corrected chi connectivity index (χ4v) is 2.57. The Balaban J connectivity index is 1.53. The highest BCUT2D eigenvalue weighted by atomic mass is 16.7. The third kappa shape index (κ3) is 4.52. The van der Waals surface area contributed by atoms with E-state index in [1.807, 2.05) is 0 Å².